The molecule has 0 fully saturated rings. The molecule has 0 unspecified atom stereocenters. The van der Waals surface area contributed by atoms with Crippen molar-refractivity contribution in [3.05, 3.63) is 158 Å². The smallest absolute Gasteiger partial charge is 0.135 e. The van der Waals surface area contributed by atoms with Crippen molar-refractivity contribution in [2.75, 3.05) is 9.80 Å². The van der Waals surface area contributed by atoms with Gasteiger partial charge in [0.25, 0.3) is 0 Å². The molecule has 2 heterocycles. The lowest BCUT2D eigenvalue weighted by atomic mass is 9.91. The minimum atomic E-state index is 0.895. The second-order valence-electron chi connectivity index (χ2n) is 11.0. The van der Waals surface area contributed by atoms with E-state index in [9.17, 15) is 0 Å². The molecule has 9 rings (SSSR count). The van der Waals surface area contributed by atoms with Gasteiger partial charge in [0.05, 0.1) is 11.4 Å². The number of hydrogen-bond acceptors (Lipinski definition) is 3. The lowest BCUT2D eigenvalue weighted by Crippen LogP contribution is -2.15. The Labute approximate surface area is 249 Å². The van der Waals surface area contributed by atoms with Crippen LogP contribution in [0.4, 0.5) is 34.1 Å². The van der Waals surface area contributed by atoms with Crippen LogP contribution in [-0.2, 0) is 0 Å². The molecule has 1 aromatic heterocycles. The molecule has 0 radical (unpaired) electrons. The molecule has 1 aliphatic heterocycles. The summed E-state index contributed by atoms with van der Waals surface area (Å²) in [6.07, 6.45) is 0. The summed E-state index contributed by atoms with van der Waals surface area (Å²) in [7, 11) is 0. The molecule has 7 aromatic carbocycles. The van der Waals surface area contributed by atoms with E-state index in [0.717, 1.165) is 44.7 Å². The third-order valence-electron chi connectivity index (χ3n) is 8.56. The van der Waals surface area contributed by atoms with Crippen LogP contribution in [0.15, 0.2) is 162 Å². The van der Waals surface area contributed by atoms with Crippen LogP contribution in [0, 0.1) is 0 Å². The highest BCUT2D eigenvalue weighted by molar-refractivity contribution is 6.13. The topological polar surface area (TPSA) is 19.6 Å². The fraction of sp³-hybridized carbons (Fsp3) is 0. The molecule has 0 N–H and O–H groups in total. The Kier molecular flexibility index (Phi) is 5.20. The van der Waals surface area contributed by atoms with Gasteiger partial charge in [0.2, 0.25) is 0 Å². The van der Waals surface area contributed by atoms with E-state index in [0.29, 0.717) is 0 Å². The van der Waals surface area contributed by atoms with Crippen molar-refractivity contribution >= 4 is 66.8 Å². The first-order valence-electron chi connectivity index (χ1n) is 14.6. The number of furan rings is 1. The third-order valence-corrected chi connectivity index (χ3v) is 8.56. The Morgan fingerprint density at radius 2 is 1.09 bits per heavy atom. The van der Waals surface area contributed by atoms with Gasteiger partial charge in [0.15, 0.2) is 0 Å². The summed E-state index contributed by atoms with van der Waals surface area (Å²) < 4.78 is 6.13. The normalized spacial score (nSPS) is 12.1. The Bertz CT molecular complexity index is 2300. The highest BCUT2D eigenvalue weighted by Crippen LogP contribution is 2.51. The summed E-state index contributed by atoms with van der Waals surface area (Å²) in [6, 6.07) is 56.1. The zero-order valence-corrected chi connectivity index (χ0v) is 23.3. The molecule has 0 saturated heterocycles. The average Bonchev–Trinajstić information content (AvgIpc) is 3.44. The van der Waals surface area contributed by atoms with Crippen molar-refractivity contribution in [1.82, 2.24) is 0 Å². The van der Waals surface area contributed by atoms with Gasteiger partial charge < -0.3 is 14.2 Å². The van der Waals surface area contributed by atoms with Crippen LogP contribution >= 0.6 is 0 Å². The quantitative estimate of drug-likeness (QED) is 0.217. The largest absolute Gasteiger partial charge is 0.456 e. The monoisotopic (exact) mass is 550 g/mol. The van der Waals surface area contributed by atoms with E-state index < -0.39 is 0 Å². The molecule has 0 bridgehead atoms. The van der Waals surface area contributed by atoms with Gasteiger partial charge in [0.1, 0.15) is 11.2 Å². The predicted molar refractivity (Wildman–Crippen MR) is 180 cm³/mol. The van der Waals surface area contributed by atoms with E-state index in [2.05, 4.69) is 155 Å². The van der Waals surface area contributed by atoms with E-state index in [1.807, 2.05) is 12.1 Å². The average molecular weight is 551 g/mol. The molecule has 0 amide bonds. The van der Waals surface area contributed by atoms with E-state index in [1.54, 1.807) is 0 Å². The van der Waals surface area contributed by atoms with Crippen molar-refractivity contribution in [2.45, 2.75) is 0 Å². The molecule has 43 heavy (non-hydrogen) atoms. The first kappa shape index (κ1) is 23.9. The Morgan fingerprint density at radius 3 is 1.98 bits per heavy atom. The van der Waals surface area contributed by atoms with Crippen LogP contribution in [0.2, 0.25) is 0 Å². The van der Waals surface area contributed by atoms with Gasteiger partial charge in [-0.2, -0.15) is 0 Å². The van der Waals surface area contributed by atoms with Crippen LogP contribution in [0.5, 0.6) is 0 Å². The van der Waals surface area contributed by atoms with E-state index in [-0.39, 0.29) is 0 Å². The second kappa shape index (κ2) is 9.37. The van der Waals surface area contributed by atoms with Gasteiger partial charge in [-0.3, -0.25) is 0 Å². The van der Waals surface area contributed by atoms with Gasteiger partial charge in [0, 0.05) is 44.5 Å². The molecular weight excluding hydrogens is 524 g/mol. The Morgan fingerprint density at radius 1 is 0.442 bits per heavy atom. The highest BCUT2D eigenvalue weighted by atomic mass is 16.3. The maximum Gasteiger partial charge on any atom is 0.135 e. The molecule has 8 aromatic rings. The van der Waals surface area contributed by atoms with Crippen molar-refractivity contribution in [3.8, 4) is 11.1 Å². The SMILES string of the molecule is c1ccc(N(c2ccc(N3c4ccccc4-c4cccc5cccc3c45)cc2)c2ccc3oc4ccccc4c3c2)cc1. The molecule has 0 spiro atoms. The van der Waals surface area contributed by atoms with Crippen molar-refractivity contribution in [2.24, 2.45) is 0 Å². The summed E-state index contributed by atoms with van der Waals surface area (Å²) in [5.74, 6) is 0. The minimum absolute atomic E-state index is 0.895. The van der Waals surface area contributed by atoms with Gasteiger partial charge in [-0.1, -0.05) is 84.9 Å². The summed E-state index contributed by atoms with van der Waals surface area (Å²) in [6.45, 7) is 0. The Balaban J connectivity index is 1.19. The molecule has 1 aliphatic rings. The van der Waals surface area contributed by atoms with Crippen molar-refractivity contribution < 1.29 is 4.42 Å². The maximum atomic E-state index is 6.13. The molecule has 0 saturated carbocycles. The van der Waals surface area contributed by atoms with E-state index in [4.69, 9.17) is 4.42 Å². The first-order chi connectivity index (χ1) is 21.3. The van der Waals surface area contributed by atoms with Gasteiger partial charge in [-0.05, 0) is 83.7 Å². The number of hydrogen-bond donors (Lipinski definition) is 0. The third kappa shape index (κ3) is 3.68. The Hall–Kier alpha value is -5.80. The second-order valence-corrected chi connectivity index (χ2v) is 11.0. The first-order valence-corrected chi connectivity index (χ1v) is 14.6. The van der Waals surface area contributed by atoms with E-state index >= 15 is 0 Å². The lowest BCUT2D eigenvalue weighted by molar-refractivity contribution is 0.669. The summed E-state index contributed by atoms with van der Waals surface area (Å²) in [4.78, 5) is 4.70. The molecule has 0 aliphatic carbocycles. The molecule has 0 atom stereocenters. The highest BCUT2D eigenvalue weighted by Gasteiger charge is 2.25. The van der Waals surface area contributed by atoms with Gasteiger partial charge in [-0.25, -0.2) is 0 Å². The molecule has 202 valence electrons. The summed E-state index contributed by atoms with van der Waals surface area (Å²) >= 11 is 0. The number of fused-ring (bicyclic) bond motifs is 5. The fourth-order valence-electron chi connectivity index (χ4n) is 6.66. The number of anilines is 6. The van der Waals surface area contributed by atoms with Crippen molar-refractivity contribution in [3.63, 3.8) is 0 Å². The standard InChI is InChI=1S/C40H26N2O/c1-2-12-28(13-3-1)41(31-24-25-39-35(26-31)33-15-5-7-19-38(33)43-39)29-20-22-30(23-21-29)42-36-17-6-4-14-32(36)34-16-8-10-27-11-9-18-37(42)40(27)34/h1-26H. The molecule has 3 nitrogen and oxygen atoms in total. The van der Waals surface area contributed by atoms with Gasteiger partial charge >= 0.3 is 0 Å². The van der Waals surface area contributed by atoms with Crippen LogP contribution in [0.25, 0.3) is 43.8 Å². The number of nitrogens with zero attached hydrogens (tertiary/aromatic N) is 2. The predicted octanol–water partition coefficient (Wildman–Crippen LogP) is 11.7. The zero-order valence-electron chi connectivity index (χ0n) is 23.3. The zero-order chi connectivity index (χ0) is 28.3. The van der Waals surface area contributed by atoms with E-state index in [1.165, 1.54) is 33.3 Å². The number of rotatable bonds is 4. The number of benzene rings is 7. The lowest BCUT2D eigenvalue weighted by Gasteiger charge is -2.34. The maximum absolute atomic E-state index is 6.13. The van der Waals surface area contributed by atoms with Gasteiger partial charge in [-0.15, -0.1) is 0 Å². The van der Waals surface area contributed by atoms with Crippen LogP contribution in [0.3, 0.4) is 0 Å². The van der Waals surface area contributed by atoms with Crippen LogP contribution in [-0.4, -0.2) is 0 Å². The number of para-hydroxylation sites is 3. The van der Waals surface area contributed by atoms with Crippen molar-refractivity contribution in [1.29, 1.82) is 0 Å². The van der Waals surface area contributed by atoms with Crippen LogP contribution < -0.4 is 9.80 Å². The minimum Gasteiger partial charge on any atom is -0.456 e. The molecule has 3 heteroatoms. The summed E-state index contributed by atoms with van der Waals surface area (Å²) in [5, 5.41) is 4.78. The molecular formula is C40H26N2O. The fourth-order valence-corrected chi connectivity index (χ4v) is 6.66. The summed E-state index contributed by atoms with van der Waals surface area (Å²) in [5.41, 5.74) is 11.1. The van der Waals surface area contributed by atoms with Crippen LogP contribution in [0.1, 0.15) is 0 Å².